The first kappa shape index (κ1) is 10.7. The number of nitrogens with two attached hydrogens (primary N) is 1. The minimum Gasteiger partial charge on any atom is -0.415 e. The van der Waals surface area contributed by atoms with E-state index in [0.29, 0.717) is 12.1 Å². The van der Waals surface area contributed by atoms with E-state index in [4.69, 9.17) is 10.2 Å². The van der Waals surface area contributed by atoms with Crippen LogP contribution < -0.4 is 5.73 Å². The molecule has 1 aromatic heterocycles. The molecule has 0 aliphatic heterocycles. The van der Waals surface area contributed by atoms with E-state index in [2.05, 4.69) is 10.2 Å². The molecule has 1 aromatic carbocycles. The Balaban J connectivity index is 2.28. The van der Waals surface area contributed by atoms with E-state index in [1.807, 2.05) is 0 Å². The molecule has 0 radical (unpaired) electrons. The summed E-state index contributed by atoms with van der Waals surface area (Å²) in [5, 5.41) is 6.78. The first-order valence-electron chi connectivity index (χ1n) is 4.61. The molecule has 2 N–H and O–H groups in total. The van der Waals surface area contributed by atoms with Crippen molar-refractivity contribution in [2.24, 2.45) is 5.73 Å². The molecule has 0 spiro atoms. The molecule has 0 atom stereocenters. The molecule has 2 rings (SSSR count). The Morgan fingerprint density at radius 2 is 1.88 bits per heavy atom. The van der Waals surface area contributed by atoms with E-state index in [9.17, 15) is 8.78 Å². The van der Waals surface area contributed by atoms with Crippen LogP contribution in [0.2, 0.25) is 0 Å². The third-order valence-corrected chi connectivity index (χ3v) is 2.06. The zero-order chi connectivity index (χ0) is 11.5. The van der Waals surface area contributed by atoms with Gasteiger partial charge in [-0.25, -0.2) is 0 Å². The van der Waals surface area contributed by atoms with Crippen molar-refractivity contribution in [3.63, 3.8) is 0 Å². The molecule has 0 amide bonds. The van der Waals surface area contributed by atoms with Crippen molar-refractivity contribution in [2.75, 3.05) is 0 Å². The van der Waals surface area contributed by atoms with Crippen LogP contribution in [0.4, 0.5) is 8.78 Å². The van der Waals surface area contributed by atoms with Gasteiger partial charge < -0.3 is 10.2 Å². The van der Waals surface area contributed by atoms with E-state index >= 15 is 0 Å². The normalized spacial score (nSPS) is 11.0. The highest BCUT2D eigenvalue weighted by atomic mass is 19.3. The highest BCUT2D eigenvalue weighted by Gasteiger charge is 2.16. The van der Waals surface area contributed by atoms with Gasteiger partial charge in [-0.15, -0.1) is 10.2 Å². The van der Waals surface area contributed by atoms with E-state index in [1.165, 1.54) is 0 Å². The van der Waals surface area contributed by atoms with Gasteiger partial charge in [-0.3, -0.25) is 0 Å². The number of aromatic nitrogens is 2. The first-order valence-corrected chi connectivity index (χ1v) is 4.61. The quantitative estimate of drug-likeness (QED) is 0.869. The van der Waals surface area contributed by atoms with Crippen molar-refractivity contribution < 1.29 is 13.2 Å². The SMILES string of the molecule is NCc1ccc(-c2nnc(C(F)F)o2)cc1. The summed E-state index contributed by atoms with van der Waals surface area (Å²) in [7, 11) is 0. The average Bonchev–Trinajstić information content (AvgIpc) is 2.78. The van der Waals surface area contributed by atoms with Crippen LogP contribution in [0.15, 0.2) is 28.7 Å². The second kappa shape index (κ2) is 4.36. The maximum atomic E-state index is 12.2. The van der Waals surface area contributed by atoms with Crippen molar-refractivity contribution in [2.45, 2.75) is 13.0 Å². The summed E-state index contributed by atoms with van der Waals surface area (Å²) in [4.78, 5) is 0. The highest BCUT2D eigenvalue weighted by Crippen LogP contribution is 2.23. The second-order valence-electron chi connectivity index (χ2n) is 3.15. The van der Waals surface area contributed by atoms with Gasteiger partial charge in [0.1, 0.15) is 0 Å². The summed E-state index contributed by atoms with van der Waals surface area (Å²) in [6.45, 7) is 0.423. The molecule has 0 saturated carbocycles. The fourth-order valence-electron chi connectivity index (χ4n) is 1.22. The van der Waals surface area contributed by atoms with Crippen LogP contribution in [0, 0.1) is 0 Å². The van der Waals surface area contributed by atoms with Crippen LogP contribution in [0.25, 0.3) is 11.5 Å². The number of benzene rings is 1. The third-order valence-electron chi connectivity index (χ3n) is 2.06. The summed E-state index contributed by atoms with van der Waals surface area (Å²) in [5.74, 6) is -0.586. The molecule has 0 unspecified atom stereocenters. The van der Waals surface area contributed by atoms with E-state index in [-0.39, 0.29) is 5.89 Å². The molecular weight excluding hydrogens is 216 g/mol. The van der Waals surface area contributed by atoms with Crippen molar-refractivity contribution in [1.29, 1.82) is 0 Å². The zero-order valence-electron chi connectivity index (χ0n) is 8.23. The van der Waals surface area contributed by atoms with Crippen molar-refractivity contribution in [3.05, 3.63) is 35.7 Å². The van der Waals surface area contributed by atoms with Crippen LogP contribution in [0.1, 0.15) is 17.9 Å². The molecule has 0 fully saturated rings. The Bertz CT molecular complexity index is 467. The molecule has 0 aliphatic carbocycles. The van der Waals surface area contributed by atoms with Crippen molar-refractivity contribution >= 4 is 0 Å². The predicted octanol–water partition coefficient (Wildman–Crippen LogP) is 2.13. The van der Waals surface area contributed by atoms with Gasteiger partial charge in [0, 0.05) is 12.1 Å². The summed E-state index contributed by atoms with van der Waals surface area (Å²) in [6, 6.07) is 6.96. The minimum absolute atomic E-state index is 0.0823. The molecule has 84 valence electrons. The summed E-state index contributed by atoms with van der Waals surface area (Å²) in [6.07, 6.45) is -2.75. The standard InChI is InChI=1S/C10H9F2N3O/c11-8(12)10-15-14-9(16-10)7-3-1-6(5-13)2-4-7/h1-4,8H,5,13H2. The lowest BCUT2D eigenvalue weighted by molar-refractivity contribution is 0.116. The summed E-state index contributed by atoms with van der Waals surface area (Å²) < 4.78 is 29.2. The van der Waals surface area contributed by atoms with Gasteiger partial charge in [0.15, 0.2) is 0 Å². The maximum absolute atomic E-state index is 12.2. The molecule has 6 heteroatoms. The largest absolute Gasteiger partial charge is 0.415 e. The Labute approximate surface area is 90.1 Å². The van der Waals surface area contributed by atoms with Gasteiger partial charge >= 0.3 is 6.43 Å². The average molecular weight is 225 g/mol. The van der Waals surface area contributed by atoms with Crippen molar-refractivity contribution in [3.8, 4) is 11.5 Å². The molecule has 1 heterocycles. The van der Waals surface area contributed by atoms with E-state index < -0.39 is 12.3 Å². The number of rotatable bonds is 3. The second-order valence-corrected chi connectivity index (χ2v) is 3.15. The van der Waals surface area contributed by atoms with Gasteiger partial charge in [0.2, 0.25) is 5.89 Å². The third kappa shape index (κ3) is 2.06. The Morgan fingerprint density at radius 1 is 1.19 bits per heavy atom. The molecule has 16 heavy (non-hydrogen) atoms. The van der Waals surface area contributed by atoms with Gasteiger partial charge in [-0.2, -0.15) is 8.78 Å². The maximum Gasteiger partial charge on any atom is 0.314 e. The molecule has 0 aliphatic rings. The van der Waals surface area contributed by atoms with Crippen LogP contribution >= 0.6 is 0 Å². The Kier molecular flexibility index (Phi) is 2.91. The van der Waals surface area contributed by atoms with Crippen molar-refractivity contribution in [1.82, 2.24) is 10.2 Å². The monoisotopic (exact) mass is 225 g/mol. The Morgan fingerprint density at radius 3 is 2.38 bits per heavy atom. The number of hydrogen-bond donors (Lipinski definition) is 1. The number of hydrogen-bond acceptors (Lipinski definition) is 4. The fraction of sp³-hybridized carbons (Fsp3) is 0.200. The fourth-order valence-corrected chi connectivity index (χ4v) is 1.22. The lowest BCUT2D eigenvalue weighted by Gasteiger charge is -1.97. The van der Waals surface area contributed by atoms with Crippen LogP contribution in [0.3, 0.4) is 0 Å². The number of nitrogens with zero attached hydrogens (tertiary/aromatic N) is 2. The smallest absolute Gasteiger partial charge is 0.314 e. The highest BCUT2D eigenvalue weighted by molar-refractivity contribution is 5.52. The predicted molar refractivity (Wildman–Crippen MR) is 52.6 cm³/mol. The molecule has 2 aromatic rings. The van der Waals surface area contributed by atoms with Gasteiger partial charge in [-0.05, 0) is 17.7 Å². The van der Waals surface area contributed by atoms with E-state index in [1.54, 1.807) is 24.3 Å². The minimum atomic E-state index is -2.75. The first-order chi connectivity index (χ1) is 7.70. The molecule has 0 saturated heterocycles. The zero-order valence-corrected chi connectivity index (χ0v) is 8.23. The topological polar surface area (TPSA) is 64.9 Å². The lowest BCUT2D eigenvalue weighted by atomic mass is 10.1. The van der Waals surface area contributed by atoms with E-state index in [0.717, 1.165) is 5.56 Å². The summed E-state index contributed by atoms with van der Waals surface area (Å²) >= 11 is 0. The Hall–Kier alpha value is -1.82. The van der Waals surface area contributed by atoms with Crippen LogP contribution in [-0.4, -0.2) is 10.2 Å². The van der Waals surface area contributed by atoms with Gasteiger partial charge in [0.05, 0.1) is 0 Å². The number of halogens is 2. The van der Waals surface area contributed by atoms with Gasteiger partial charge in [-0.1, -0.05) is 12.1 Å². The number of alkyl halides is 2. The van der Waals surface area contributed by atoms with Gasteiger partial charge in [0.25, 0.3) is 5.89 Å². The summed E-state index contributed by atoms with van der Waals surface area (Å²) in [5.41, 5.74) is 6.97. The molecule has 0 bridgehead atoms. The molecular formula is C10H9F2N3O. The van der Waals surface area contributed by atoms with Crippen LogP contribution in [-0.2, 0) is 6.54 Å². The lowest BCUT2D eigenvalue weighted by Crippen LogP contribution is -1.95. The van der Waals surface area contributed by atoms with Crippen LogP contribution in [0.5, 0.6) is 0 Å². The molecule has 4 nitrogen and oxygen atoms in total.